The van der Waals surface area contributed by atoms with E-state index in [4.69, 9.17) is 4.74 Å². The Morgan fingerprint density at radius 1 is 1.53 bits per heavy atom. The zero-order valence-corrected chi connectivity index (χ0v) is 11.5. The molecule has 0 aromatic carbocycles. The third-order valence-corrected chi connectivity index (χ3v) is 3.25. The minimum Gasteiger partial charge on any atom is -0.375 e. The highest BCUT2D eigenvalue weighted by molar-refractivity contribution is 5.56. The highest BCUT2D eigenvalue weighted by atomic mass is 16.6. The smallest absolute Gasteiger partial charge is 0.311 e. The molecule has 2 heterocycles. The average molecular weight is 265 g/mol. The van der Waals surface area contributed by atoms with Crippen molar-refractivity contribution in [2.45, 2.75) is 45.3 Å². The van der Waals surface area contributed by atoms with Crippen LogP contribution in [0.15, 0.2) is 12.1 Å². The van der Waals surface area contributed by atoms with Gasteiger partial charge in [-0.25, -0.2) is 4.98 Å². The van der Waals surface area contributed by atoms with Crippen molar-refractivity contribution in [2.75, 3.05) is 11.9 Å². The van der Waals surface area contributed by atoms with Gasteiger partial charge in [0.15, 0.2) is 0 Å². The molecule has 0 spiro atoms. The number of nitro groups is 1. The Balaban J connectivity index is 2.18. The van der Waals surface area contributed by atoms with Gasteiger partial charge in [0.25, 0.3) is 0 Å². The SMILES string of the molecule is Cc1ccc([N+](=O)[O-])c(NC2CCOC(C)(C)C2)n1. The monoisotopic (exact) mass is 265 g/mol. The molecule has 1 aliphatic heterocycles. The number of aryl methyl sites for hydroxylation is 1. The average Bonchev–Trinajstić information content (AvgIpc) is 2.27. The lowest BCUT2D eigenvalue weighted by molar-refractivity contribution is -0.384. The molecule has 1 aromatic heterocycles. The Hall–Kier alpha value is -1.69. The Morgan fingerprint density at radius 2 is 2.26 bits per heavy atom. The number of hydrogen-bond acceptors (Lipinski definition) is 5. The van der Waals surface area contributed by atoms with Gasteiger partial charge in [0, 0.05) is 24.4 Å². The topological polar surface area (TPSA) is 77.3 Å². The van der Waals surface area contributed by atoms with E-state index in [0.717, 1.165) is 18.5 Å². The van der Waals surface area contributed by atoms with Crippen molar-refractivity contribution < 1.29 is 9.66 Å². The Kier molecular flexibility index (Phi) is 3.71. The van der Waals surface area contributed by atoms with Crippen LogP contribution in [0, 0.1) is 17.0 Å². The van der Waals surface area contributed by atoms with E-state index in [1.807, 2.05) is 20.8 Å². The number of aromatic nitrogens is 1. The molecule has 1 aromatic rings. The molecule has 1 N–H and O–H groups in total. The molecule has 1 fully saturated rings. The van der Waals surface area contributed by atoms with Gasteiger partial charge in [0.2, 0.25) is 5.82 Å². The predicted molar refractivity (Wildman–Crippen MR) is 72.3 cm³/mol. The number of pyridine rings is 1. The van der Waals surface area contributed by atoms with Crippen LogP contribution in [0.4, 0.5) is 11.5 Å². The van der Waals surface area contributed by atoms with Crippen LogP contribution in [-0.4, -0.2) is 28.2 Å². The first-order chi connectivity index (χ1) is 8.87. The van der Waals surface area contributed by atoms with E-state index in [1.165, 1.54) is 6.07 Å². The van der Waals surface area contributed by atoms with Gasteiger partial charge >= 0.3 is 5.69 Å². The van der Waals surface area contributed by atoms with Crippen molar-refractivity contribution in [3.63, 3.8) is 0 Å². The van der Waals surface area contributed by atoms with Gasteiger partial charge in [-0.1, -0.05) is 0 Å². The van der Waals surface area contributed by atoms with E-state index in [9.17, 15) is 10.1 Å². The molecule has 104 valence electrons. The minimum absolute atomic E-state index is 0.0231. The van der Waals surface area contributed by atoms with E-state index >= 15 is 0 Å². The summed E-state index contributed by atoms with van der Waals surface area (Å²) < 4.78 is 5.64. The van der Waals surface area contributed by atoms with Crippen LogP contribution in [-0.2, 0) is 4.74 Å². The molecule has 6 heteroatoms. The summed E-state index contributed by atoms with van der Waals surface area (Å²) in [6.45, 7) is 6.53. The van der Waals surface area contributed by atoms with E-state index in [0.29, 0.717) is 12.4 Å². The Morgan fingerprint density at radius 3 is 2.89 bits per heavy atom. The summed E-state index contributed by atoms with van der Waals surface area (Å²) in [7, 11) is 0. The maximum absolute atomic E-state index is 11.0. The van der Waals surface area contributed by atoms with Crippen molar-refractivity contribution in [2.24, 2.45) is 0 Å². The second-order valence-corrected chi connectivity index (χ2v) is 5.52. The summed E-state index contributed by atoms with van der Waals surface area (Å²) in [4.78, 5) is 14.8. The van der Waals surface area contributed by atoms with Gasteiger partial charge in [-0.15, -0.1) is 0 Å². The standard InChI is InChI=1S/C13H19N3O3/c1-9-4-5-11(16(17)18)12(14-9)15-10-6-7-19-13(2,3)8-10/h4-5,10H,6-8H2,1-3H3,(H,14,15). The molecule has 6 nitrogen and oxygen atoms in total. The number of ether oxygens (including phenoxy) is 1. The van der Waals surface area contributed by atoms with Crippen molar-refractivity contribution in [1.82, 2.24) is 4.98 Å². The minimum atomic E-state index is -0.404. The van der Waals surface area contributed by atoms with Crippen LogP contribution >= 0.6 is 0 Å². The van der Waals surface area contributed by atoms with Crippen molar-refractivity contribution >= 4 is 11.5 Å². The first-order valence-electron chi connectivity index (χ1n) is 6.40. The quantitative estimate of drug-likeness (QED) is 0.671. The maximum Gasteiger partial charge on any atom is 0.311 e. The number of hydrogen-bond donors (Lipinski definition) is 1. The molecule has 0 saturated carbocycles. The molecule has 1 saturated heterocycles. The largest absolute Gasteiger partial charge is 0.375 e. The number of nitrogens with zero attached hydrogens (tertiary/aromatic N) is 2. The summed E-state index contributed by atoms with van der Waals surface area (Å²) in [5, 5.41) is 14.2. The molecular formula is C13H19N3O3. The van der Waals surface area contributed by atoms with Crippen LogP contribution in [0.5, 0.6) is 0 Å². The van der Waals surface area contributed by atoms with Crippen molar-refractivity contribution in [1.29, 1.82) is 0 Å². The van der Waals surface area contributed by atoms with Gasteiger partial charge in [0.05, 0.1) is 10.5 Å². The fourth-order valence-corrected chi connectivity index (χ4v) is 2.35. The molecule has 1 unspecified atom stereocenters. The van der Waals surface area contributed by atoms with Gasteiger partial charge in [-0.2, -0.15) is 0 Å². The summed E-state index contributed by atoms with van der Waals surface area (Å²) in [5.41, 5.74) is 0.587. The lowest BCUT2D eigenvalue weighted by atomic mass is 9.94. The van der Waals surface area contributed by atoms with Gasteiger partial charge in [0.1, 0.15) is 0 Å². The molecule has 0 amide bonds. The second-order valence-electron chi connectivity index (χ2n) is 5.52. The van der Waals surface area contributed by atoms with Crippen molar-refractivity contribution in [3.8, 4) is 0 Å². The van der Waals surface area contributed by atoms with Crippen LogP contribution in [0.25, 0.3) is 0 Å². The Labute approximate surface area is 112 Å². The molecule has 0 radical (unpaired) electrons. The lowest BCUT2D eigenvalue weighted by Crippen LogP contribution is -2.40. The number of anilines is 1. The molecule has 2 rings (SSSR count). The fourth-order valence-electron chi connectivity index (χ4n) is 2.35. The first-order valence-corrected chi connectivity index (χ1v) is 6.40. The molecular weight excluding hydrogens is 246 g/mol. The maximum atomic E-state index is 11.0. The molecule has 19 heavy (non-hydrogen) atoms. The fraction of sp³-hybridized carbons (Fsp3) is 0.615. The number of nitrogens with one attached hydrogen (secondary N) is 1. The third kappa shape index (κ3) is 3.41. The van der Waals surface area contributed by atoms with Gasteiger partial charge in [-0.05, 0) is 39.7 Å². The van der Waals surface area contributed by atoms with E-state index in [2.05, 4.69) is 10.3 Å². The zero-order chi connectivity index (χ0) is 14.0. The normalized spacial score (nSPS) is 21.9. The summed E-state index contributed by atoms with van der Waals surface area (Å²) >= 11 is 0. The zero-order valence-electron chi connectivity index (χ0n) is 11.5. The van der Waals surface area contributed by atoms with E-state index in [1.54, 1.807) is 6.07 Å². The lowest BCUT2D eigenvalue weighted by Gasteiger charge is -2.35. The third-order valence-electron chi connectivity index (χ3n) is 3.25. The second kappa shape index (κ2) is 5.13. The summed E-state index contributed by atoms with van der Waals surface area (Å²) in [6.07, 6.45) is 1.63. The summed E-state index contributed by atoms with van der Waals surface area (Å²) in [5.74, 6) is 0.354. The van der Waals surface area contributed by atoms with Crippen LogP contribution in [0.1, 0.15) is 32.4 Å². The van der Waals surface area contributed by atoms with Crippen LogP contribution in [0.3, 0.4) is 0 Å². The highest BCUT2D eigenvalue weighted by Crippen LogP contribution is 2.29. The van der Waals surface area contributed by atoms with Gasteiger partial charge in [-0.3, -0.25) is 10.1 Å². The van der Waals surface area contributed by atoms with Crippen molar-refractivity contribution in [3.05, 3.63) is 27.9 Å². The molecule has 1 atom stereocenters. The van der Waals surface area contributed by atoms with Crippen LogP contribution < -0.4 is 5.32 Å². The molecule has 0 aliphatic carbocycles. The molecule has 1 aliphatic rings. The summed E-state index contributed by atoms with van der Waals surface area (Å²) in [6, 6.07) is 3.29. The van der Waals surface area contributed by atoms with E-state index < -0.39 is 4.92 Å². The molecule has 0 bridgehead atoms. The predicted octanol–water partition coefficient (Wildman–Crippen LogP) is 2.67. The van der Waals surface area contributed by atoms with E-state index in [-0.39, 0.29) is 17.3 Å². The first kappa shape index (κ1) is 13.7. The van der Waals surface area contributed by atoms with Crippen LogP contribution in [0.2, 0.25) is 0 Å². The Bertz CT molecular complexity index is 488. The highest BCUT2D eigenvalue weighted by Gasteiger charge is 2.30. The van der Waals surface area contributed by atoms with Gasteiger partial charge < -0.3 is 10.1 Å². The number of rotatable bonds is 3.